The van der Waals surface area contributed by atoms with Crippen LogP contribution in [0.15, 0.2) is 23.1 Å². The first kappa shape index (κ1) is 9.83. The maximum absolute atomic E-state index is 9.07. The lowest BCUT2D eigenvalue weighted by molar-refractivity contribution is 0.286. The zero-order valence-corrected chi connectivity index (χ0v) is 9.41. The molecule has 0 radical (unpaired) electrons. The third kappa shape index (κ3) is 1.49. The molecular formula is C10H11NOS2. The van der Waals surface area contributed by atoms with E-state index in [0.717, 1.165) is 20.7 Å². The number of thioether (sulfide) groups is 1. The normalized spacial score (nSPS) is 11.0. The van der Waals surface area contributed by atoms with E-state index in [9.17, 15) is 0 Å². The third-order valence-corrected chi connectivity index (χ3v) is 4.05. The number of anilines is 1. The van der Waals surface area contributed by atoms with Gasteiger partial charge in [0.25, 0.3) is 0 Å². The van der Waals surface area contributed by atoms with E-state index in [4.69, 9.17) is 10.8 Å². The first-order valence-corrected chi connectivity index (χ1v) is 6.26. The van der Waals surface area contributed by atoms with Crippen molar-refractivity contribution in [2.24, 2.45) is 0 Å². The van der Waals surface area contributed by atoms with Crippen LogP contribution in [0.5, 0.6) is 0 Å². The fraction of sp³-hybridized carbons (Fsp3) is 0.200. The van der Waals surface area contributed by atoms with Gasteiger partial charge < -0.3 is 10.8 Å². The Morgan fingerprint density at radius 2 is 2.29 bits per heavy atom. The summed E-state index contributed by atoms with van der Waals surface area (Å²) in [7, 11) is 0. The number of aliphatic hydroxyl groups excluding tert-OH is 1. The molecule has 1 aromatic carbocycles. The highest BCUT2D eigenvalue weighted by Crippen LogP contribution is 2.35. The topological polar surface area (TPSA) is 46.2 Å². The predicted molar refractivity (Wildman–Crippen MR) is 63.9 cm³/mol. The van der Waals surface area contributed by atoms with Crippen LogP contribution < -0.4 is 5.73 Å². The highest BCUT2D eigenvalue weighted by Gasteiger charge is 2.08. The van der Waals surface area contributed by atoms with Crippen molar-refractivity contribution in [1.82, 2.24) is 0 Å². The van der Waals surface area contributed by atoms with Crippen molar-refractivity contribution in [3.05, 3.63) is 23.1 Å². The number of nitrogens with two attached hydrogens (primary N) is 1. The van der Waals surface area contributed by atoms with E-state index in [1.54, 1.807) is 23.1 Å². The minimum absolute atomic E-state index is 0.0276. The molecule has 0 aliphatic rings. The van der Waals surface area contributed by atoms with Crippen LogP contribution in [0.1, 0.15) is 4.88 Å². The highest BCUT2D eigenvalue weighted by atomic mass is 32.2. The molecule has 1 aromatic heterocycles. The molecule has 0 aliphatic carbocycles. The van der Waals surface area contributed by atoms with Crippen LogP contribution in [0.3, 0.4) is 0 Å². The molecule has 0 spiro atoms. The number of nitrogen functional groups attached to an aromatic ring is 1. The van der Waals surface area contributed by atoms with Crippen molar-refractivity contribution in [3.8, 4) is 0 Å². The van der Waals surface area contributed by atoms with Crippen molar-refractivity contribution in [3.63, 3.8) is 0 Å². The van der Waals surface area contributed by atoms with Crippen LogP contribution in [0, 0.1) is 0 Å². The first-order chi connectivity index (χ1) is 6.76. The minimum Gasteiger partial charge on any atom is -0.397 e. The first-order valence-electron chi connectivity index (χ1n) is 4.22. The second-order valence-electron chi connectivity index (χ2n) is 2.96. The number of thiophene rings is 1. The van der Waals surface area contributed by atoms with Gasteiger partial charge in [-0.2, -0.15) is 0 Å². The Kier molecular flexibility index (Phi) is 2.67. The number of fused-ring (bicyclic) bond motifs is 1. The van der Waals surface area contributed by atoms with Gasteiger partial charge in [0.2, 0.25) is 0 Å². The maximum Gasteiger partial charge on any atom is 0.0795 e. The average molecular weight is 225 g/mol. The number of hydrogen-bond donors (Lipinski definition) is 2. The molecule has 0 saturated heterocycles. The molecule has 2 nitrogen and oxygen atoms in total. The summed E-state index contributed by atoms with van der Waals surface area (Å²) < 4.78 is 1.14. The van der Waals surface area contributed by atoms with Gasteiger partial charge in [-0.15, -0.1) is 23.1 Å². The summed E-state index contributed by atoms with van der Waals surface area (Å²) >= 11 is 3.25. The van der Waals surface area contributed by atoms with Crippen LogP contribution >= 0.6 is 23.1 Å². The van der Waals surface area contributed by atoms with Gasteiger partial charge in [0, 0.05) is 15.0 Å². The Balaban J connectivity index is 2.68. The van der Waals surface area contributed by atoms with E-state index in [0.29, 0.717) is 0 Å². The van der Waals surface area contributed by atoms with Gasteiger partial charge in [-0.3, -0.25) is 0 Å². The van der Waals surface area contributed by atoms with Crippen molar-refractivity contribution >= 4 is 38.9 Å². The number of hydrogen-bond acceptors (Lipinski definition) is 4. The monoisotopic (exact) mass is 225 g/mol. The average Bonchev–Trinajstić information content (AvgIpc) is 2.55. The van der Waals surface area contributed by atoms with Crippen molar-refractivity contribution in [2.45, 2.75) is 11.5 Å². The Hall–Kier alpha value is -0.710. The van der Waals surface area contributed by atoms with E-state index in [-0.39, 0.29) is 6.61 Å². The molecule has 74 valence electrons. The summed E-state index contributed by atoms with van der Waals surface area (Å²) in [4.78, 5) is 2.06. The predicted octanol–water partition coefficient (Wildman–Crippen LogP) is 2.70. The number of aliphatic hydroxyl groups is 1. The molecule has 0 unspecified atom stereocenters. The molecule has 0 atom stereocenters. The van der Waals surface area contributed by atoms with E-state index in [1.807, 2.05) is 6.26 Å². The lowest BCUT2D eigenvalue weighted by atomic mass is 10.2. The molecule has 0 aliphatic heterocycles. The largest absolute Gasteiger partial charge is 0.397 e. The fourth-order valence-corrected chi connectivity index (χ4v) is 2.80. The maximum atomic E-state index is 9.07. The summed E-state index contributed by atoms with van der Waals surface area (Å²) in [5, 5.41) is 10.1. The van der Waals surface area contributed by atoms with Crippen molar-refractivity contribution in [1.29, 1.82) is 0 Å². The molecule has 0 fully saturated rings. The quantitative estimate of drug-likeness (QED) is 0.772. The van der Waals surface area contributed by atoms with Crippen LogP contribution in [-0.4, -0.2) is 11.4 Å². The highest BCUT2D eigenvalue weighted by molar-refractivity contribution is 7.98. The Labute approximate surface area is 90.7 Å². The van der Waals surface area contributed by atoms with Crippen LogP contribution in [-0.2, 0) is 6.61 Å². The molecule has 3 N–H and O–H groups in total. The second-order valence-corrected chi connectivity index (χ2v) is 4.98. The molecule has 0 bridgehead atoms. The standard InChI is InChI=1S/C10H11NOS2/c1-13-6-2-3-8-7(4-6)10(11)9(5-12)14-8/h2-4,12H,5,11H2,1H3. The smallest absolute Gasteiger partial charge is 0.0795 e. The Morgan fingerprint density at radius 1 is 1.50 bits per heavy atom. The van der Waals surface area contributed by atoms with E-state index in [1.165, 1.54) is 4.90 Å². The van der Waals surface area contributed by atoms with Gasteiger partial charge in [0.15, 0.2) is 0 Å². The third-order valence-electron chi connectivity index (χ3n) is 2.15. The van der Waals surface area contributed by atoms with Gasteiger partial charge in [-0.1, -0.05) is 0 Å². The molecular weight excluding hydrogens is 214 g/mol. The van der Waals surface area contributed by atoms with Crippen molar-refractivity contribution < 1.29 is 5.11 Å². The number of benzene rings is 1. The molecule has 14 heavy (non-hydrogen) atoms. The summed E-state index contributed by atoms with van der Waals surface area (Å²) in [5.74, 6) is 0. The molecule has 0 amide bonds. The zero-order chi connectivity index (χ0) is 10.1. The lowest BCUT2D eigenvalue weighted by Crippen LogP contribution is -1.87. The molecule has 0 saturated carbocycles. The van der Waals surface area contributed by atoms with Gasteiger partial charge in [-0.05, 0) is 24.5 Å². The molecule has 2 rings (SSSR count). The lowest BCUT2D eigenvalue weighted by Gasteiger charge is -1.96. The minimum atomic E-state index is 0.0276. The fourth-order valence-electron chi connectivity index (χ4n) is 1.39. The molecule has 1 heterocycles. The Bertz CT molecular complexity index is 464. The SMILES string of the molecule is CSc1ccc2sc(CO)c(N)c2c1. The van der Waals surface area contributed by atoms with E-state index in [2.05, 4.69) is 18.2 Å². The van der Waals surface area contributed by atoms with Gasteiger partial charge in [0.1, 0.15) is 0 Å². The van der Waals surface area contributed by atoms with Crippen LogP contribution in [0.25, 0.3) is 10.1 Å². The van der Waals surface area contributed by atoms with Crippen LogP contribution in [0.4, 0.5) is 5.69 Å². The van der Waals surface area contributed by atoms with E-state index < -0.39 is 0 Å². The van der Waals surface area contributed by atoms with E-state index >= 15 is 0 Å². The summed E-state index contributed by atoms with van der Waals surface area (Å²) in [6.07, 6.45) is 2.04. The Morgan fingerprint density at radius 3 is 2.93 bits per heavy atom. The molecule has 4 heteroatoms. The van der Waals surface area contributed by atoms with Gasteiger partial charge in [0.05, 0.1) is 17.2 Å². The van der Waals surface area contributed by atoms with Crippen LogP contribution in [0.2, 0.25) is 0 Å². The second kappa shape index (κ2) is 3.81. The van der Waals surface area contributed by atoms with Gasteiger partial charge in [-0.25, -0.2) is 0 Å². The van der Waals surface area contributed by atoms with Gasteiger partial charge >= 0.3 is 0 Å². The summed E-state index contributed by atoms with van der Waals surface area (Å²) in [6, 6.07) is 6.20. The summed E-state index contributed by atoms with van der Waals surface area (Å²) in [6.45, 7) is 0.0276. The number of rotatable bonds is 2. The molecule has 2 aromatic rings. The zero-order valence-electron chi connectivity index (χ0n) is 7.78. The van der Waals surface area contributed by atoms with Crippen molar-refractivity contribution in [2.75, 3.05) is 12.0 Å². The summed E-state index contributed by atoms with van der Waals surface area (Å²) in [5.41, 5.74) is 6.64.